The Hall–Kier alpha value is -2.67. The van der Waals surface area contributed by atoms with Crippen LogP contribution in [0.15, 0.2) is 59.8 Å². The predicted octanol–water partition coefficient (Wildman–Crippen LogP) is 4.12. The van der Waals surface area contributed by atoms with Crippen molar-refractivity contribution in [3.8, 4) is 17.1 Å². The average molecular weight is 371 g/mol. The van der Waals surface area contributed by atoms with Gasteiger partial charge in [0.25, 0.3) is 0 Å². The first kappa shape index (κ1) is 18.1. The lowest BCUT2D eigenvalue weighted by Gasteiger charge is -2.13. The number of hydrogen-bond donors (Lipinski definition) is 0. The van der Waals surface area contributed by atoms with Gasteiger partial charge in [-0.3, -0.25) is 9.36 Å². The molecule has 3 aromatic rings. The lowest BCUT2D eigenvalue weighted by Crippen LogP contribution is -2.17. The highest BCUT2D eigenvalue weighted by Crippen LogP contribution is 2.31. The van der Waals surface area contributed by atoms with Crippen LogP contribution in [-0.2, 0) is 9.53 Å². The van der Waals surface area contributed by atoms with Gasteiger partial charge >= 0.3 is 5.97 Å². The summed E-state index contributed by atoms with van der Waals surface area (Å²) in [5, 5.41) is 8.41. The molecule has 2 aromatic carbocycles. The zero-order valence-corrected chi connectivity index (χ0v) is 15.2. The van der Waals surface area contributed by atoms with Gasteiger partial charge in [0.1, 0.15) is 11.1 Å². The Bertz CT molecular complexity index is 899. The Balaban J connectivity index is 2.06. The molecular weight excluding hydrogens is 353 g/mol. The van der Waals surface area contributed by atoms with Gasteiger partial charge in [-0.25, -0.2) is 4.39 Å². The first-order valence-corrected chi connectivity index (χ1v) is 9.08. The highest BCUT2D eigenvalue weighted by Gasteiger charge is 2.23. The Morgan fingerprint density at radius 3 is 2.54 bits per heavy atom. The normalized spacial score (nSPS) is 12.0. The summed E-state index contributed by atoms with van der Waals surface area (Å²) in [6, 6.07) is 15.8. The van der Waals surface area contributed by atoms with Gasteiger partial charge in [-0.15, -0.1) is 10.2 Å². The number of rotatable bonds is 6. The highest BCUT2D eigenvalue weighted by molar-refractivity contribution is 8.00. The molecule has 1 heterocycles. The van der Waals surface area contributed by atoms with E-state index in [1.165, 1.54) is 17.8 Å². The predicted molar refractivity (Wildman–Crippen MR) is 98.7 cm³/mol. The summed E-state index contributed by atoms with van der Waals surface area (Å²) < 4.78 is 21.1. The van der Waals surface area contributed by atoms with Crippen LogP contribution in [0.25, 0.3) is 17.1 Å². The second-order valence-electron chi connectivity index (χ2n) is 5.47. The minimum atomic E-state index is -0.463. The Labute approximate surface area is 155 Å². The van der Waals surface area contributed by atoms with E-state index >= 15 is 0 Å². The Morgan fingerprint density at radius 1 is 1.15 bits per heavy atom. The molecule has 0 saturated carbocycles. The van der Waals surface area contributed by atoms with Crippen LogP contribution in [0, 0.1) is 5.82 Å². The van der Waals surface area contributed by atoms with E-state index in [1.54, 1.807) is 36.6 Å². The van der Waals surface area contributed by atoms with Crippen molar-refractivity contribution in [1.82, 2.24) is 14.8 Å². The van der Waals surface area contributed by atoms with Gasteiger partial charge in [0.05, 0.1) is 12.2 Å². The second kappa shape index (κ2) is 8.14. The number of para-hydroxylation sites is 1. The number of carbonyl (C=O) groups is 1. The molecule has 0 aliphatic rings. The molecule has 0 aliphatic carbocycles. The van der Waals surface area contributed by atoms with Gasteiger partial charge in [-0.05, 0) is 38.1 Å². The third kappa shape index (κ3) is 3.77. The topological polar surface area (TPSA) is 57.0 Å². The van der Waals surface area contributed by atoms with Crippen LogP contribution in [0.1, 0.15) is 13.8 Å². The monoisotopic (exact) mass is 371 g/mol. The standard InChI is InChI=1S/C19H18FN3O2S/c1-3-25-18(24)13(2)26-19-22-21-17(15-11-7-8-12-16(15)20)23(19)14-9-5-4-6-10-14/h4-13H,3H2,1-2H3. The number of nitrogens with zero attached hydrogens (tertiary/aromatic N) is 3. The molecule has 134 valence electrons. The molecule has 1 unspecified atom stereocenters. The molecule has 26 heavy (non-hydrogen) atoms. The van der Waals surface area contributed by atoms with Crippen molar-refractivity contribution in [2.45, 2.75) is 24.3 Å². The lowest BCUT2D eigenvalue weighted by atomic mass is 10.2. The van der Waals surface area contributed by atoms with E-state index in [9.17, 15) is 9.18 Å². The second-order valence-corrected chi connectivity index (χ2v) is 6.78. The maximum absolute atomic E-state index is 14.3. The molecule has 0 amide bonds. The fourth-order valence-electron chi connectivity index (χ4n) is 2.44. The van der Waals surface area contributed by atoms with Crippen molar-refractivity contribution in [3.05, 3.63) is 60.4 Å². The minimum absolute atomic E-state index is 0.315. The summed E-state index contributed by atoms with van der Waals surface area (Å²) in [5.74, 6) is -0.326. The third-order valence-electron chi connectivity index (χ3n) is 3.66. The number of benzene rings is 2. The van der Waals surface area contributed by atoms with Crippen LogP contribution in [0.4, 0.5) is 4.39 Å². The number of thioether (sulfide) groups is 1. The highest BCUT2D eigenvalue weighted by atomic mass is 32.2. The van der Waals surface area contributed by atoms with Crippen LogP contribution >= 0.6 is 11.8 Å². The number of esters is 1. The van der Waals surface area contributed by atoms with E-state index in [2.05, 4.69) is 10.2 Å². The molecule has 0 fully saturated rings. The van der Waals surface area contributed by atoms with Gasteiger partial charge in [-0.2, -0.15) is 0 Å². The molecule has 1 aromatic heterocycles. The van der Waals surface area contributed by atoms with E-state index in [4.69, 9.17) is 4.74 Å². The van der Waals surface area contributed by atoms with Crippen molar-refractivity contribution >= 4 is 17.7 Å². The largest absolute Gasteiger partial charge is 0.465 e. The quantitative estimate of drug-likeness (QED) is 0.482. The van der Waals surface area contributed by atoms with Crippen molar-refractivity contribution < 1.29 is 13.9 Å². The molecule has 0 aliphatic heterocycles. The number of halogens is 1. The smallest absolute Gasteiger partial charge is 0.319 e. The molecule has 0 spiro atoms. The van der Waals surface area contributed by atoms with Gasteiger partial charge < -0.3 is 4.74 Å². The molecule has 7 heteroatoms. The summed E-state index contributed by atoms with van der Waals surface area (Å²) in [4.78, 5) is 12.0. The van der Waals surface area contributed by atoms with Crippen molar-refractivity contribution in [3.63, 3.8) is 0 Å². The summed E-state index contributed by atoms with van der Waals surface area (Å²) >= 11 is 1.23. The van der Waals surface area contributed by atoms with Crippen LogP contribution in [0.3, 0.4) is 0 Å². The van der Waals surface area contributed by atoms with Gasteiger partial charge in [0, 0.05) is 5.69 Å². The summed E-state index contributed by atoms with van der Waals surface area (Å²) in [6.07, 6.45) is 0. The van der Waals surface area contributed by atoms with E-state index in [0.717, 1.165) is 5.69 Å². The van der Waals surface area contributed by atoms with Gasteiger partial charge in [0.15, 0.2) is 11.0 Å². The van der Waals surface area contributed by atoms with E-state index in [0.29, 0.717) is 23.2 Å². The molecule has 0 bridgehead atoms. The zero-order valence-electron chi connectivity index (χ0n) is 14.4. The van der Waals surface area contributed by atoms with Gasteiger partial charge in [0.2, 0.25) is 0 Å². The van der Waals surface area contributed by atoms with Crippen molar-refractivity contribution in [2.24, 2.45) is 0 Å². The maximum atomic E-state index is 14.3. The van der Waals surface area contributed by atoms with Crippen LogP contribution in [0.2, 0.25) is 0 Å². The minimum Gasteiger partial charge on any atom is -0.465 e. The molecule has 1 atom stereocenters. The van der Waals surface area contributed by atoms with E-state index in [-0.39, 0.29) is 11.8 Å². The number of hydrogen-bond acceptors (Lipinski definition) is 5. The first-order chi connectivity index (χ1) is 12.6. The number of carbonyl (C=O) groups excluding carboxylic acids is 1. The summed E-state index contributed by atoms with van der Waals surface area (Å²) in [7, 11) is 0. The molecule has 3 rings (SSSR count). The molecule has 0 radical (unpaired) electrons. The SMILES string of the molecule is CCOC(=O)C(C)Sc1nnc(-c2ccccc2F)n1-c1ccccc1. The Kier molecular flexibility index (Phi) is 5.68. The number of aromatic nitrogens is 3. The molecular formula is C19H18FN3O2S. The van der Waals surface area contributed by atoms with Crippen LogP contribution < -0.4 is 0 Å². The molecule has 5 nitrogen and oxygen atoms in total. The molecule has 0 N–H and O–H groups in total. The lowest BCUT2D eigenvalue weighted by molar-refractivity contribution is -0.142. The Morgan fingerprint density at radius 2 is 1.85 bits per heavy atom. The fourth-order valence-corrected chi connectivity index (χ4v) is 3.30. The molecule has 0 saturated heterocycles. The zero-order chi connectivity index (χ0) is 18.5. The summed E-state index contributed by atoms with van der Waals surface area (Å²) in [6.45, 7) is 3.82. The van der Waals surface area contributed by atoms with Gasteiger partial charge in [-0.1, -0.05) is 42.1 Å². The van der Waals surface area contributed by atoms with E-state index < -0.39 is 5.25 Å². The maximum Gasteiger partial charge on any atom is 0.319 e. The van der Waals surface area contributed by atoms with Crippen LogP contribution in [-0.4, -0.2) is 32.6 Å². The first-order valence-electron chi connectivity index (χ1n) is 8.20. The third-order valence-corrected chi connectivity index (χ3v) is 4.68. The van der Waals surface area contributed by atoms with Crippen molar-refractivity contribution in [1.29, 1.82) is 0 Å². The fraction of sp³-hybridized carbons (Fsp3) is 0.211. The average Bonchev–Trinajstić information content (AvgIpc) is 3.06. The van der Waals surface area contributed by atoms with Crippen LogP contribution in [0.5, 0.6) is 0 Å². The van der Waals surface area contributed by atoms with Crippen molar-refractivity contribution in [2.75, 3.05) is 6.61 Å². The number of ether oxygens (including phenoxy) is 1. The van der Waals surface area contributed by atoms with E-state index in [1.807, 2.05) is 30.3 Å². The summed E-state index contributed by atoms with van der Waals surface area (Å²) in [5.41, 5.74) is 1.13.